The molecular weight excluding hydrogens is 358 g/mol. The summed E-state index contributed by atoms with van der Waals surface area (Å²) in [4.78, 5) is 12.1. The summed E-state index contributed by atoms with van der Waals surface area (Å²) < 4.78 is 5.10. The lowest BCUT2D eigenvalue weighted by Gasteiger charge is -2.05. The summed E-state index contributed by atoms with van der Waals surface area (Å²) in [6.45, 7) is 0. The summed E-state index contributed by atoms with van der Waals surface area (Å²) in [6, 6.07) is 15.0. The Bertz CT molecular complexity index is 804. The van der Waals surface area contributed by atoms with Crippen LogP contribution in [0.4, 0.5) is 0 Å². The van der Waals surface area contributed by atoms with Gasteiger partial charge < -0.3 is 10.1 Å². The maximum Gasteiger partial charge on any atom is 0.239 e. The number of nitrogens with zero attached hydrogens (tertiary/aromatic N) is 2. The quantitative estimate of drug-likeness (QED) is 0.644. The smallest absolute Gasteiger partial charge is 0.239 e. The fraction of sp³-hybridized carbons (Fsp3) is 0.167. The number of rotatable bonds is 5. The molecule has 0 spiro atoms. The number of halogens is 1. The van der Waals surface area contributed by atoms with Gasteiger partial charge in [0, 0.05) is 5.02 Å². The molecule has 1 aliphatic heterocycles. The fourth-order valence-corrected chi connectivity index (χ4v) is 3.35. The largest absolute Gasteiger partial charge is 0.497 e. The molecule has 128 valence electrons. The lowest BCUT2D eigenvalue weighted by molar-refractivity contribution is -0.118. The van der Waals surface area contributed by atoms with E-state index in [0.29, 0.717) is 16.6 Å². The minimum Gasteiger partial charge on any atom is -0.497 e. The molecule has 0 saturated carbocycles. The van der Waals surface area contributed by atoms with Gasteiger partial charge in [-0.2, -0.15) is 5.10 Å². The topological polar surface area (TPSA) is 63.1 Å². The molecule has 1 atom stereocenters. The van der Waals surface area contributed by atoms with Crippen LogP contribution in [-0.4, -0.2) is 29.6 Å². The molecule has 1 saturated heterocycles. The summed E-state index contributed by atoms with van der Waals surface area (Å²) in [6.07, 6.45) is 2.25. The number of amides is 1. The van der Waals surface area contributed by atoms with Crippen LogP contribution in [0.1, 0.15) is 11.1 Å². The third kappa shape index (κ3) is 4.84. The van der Waals surface area contributed by atoms with Crippen LogP contribution < -0.4 is 10.1 Å². The van der Waals surface area contributed by atoms with Crippen LogP contribution in [0.2, 0.25) is 5.02 Å². The highest BCUT2D eigenvalue weighted by atomic mass is 35.5. The molecule has 0 aromatic heterocycles. The Morgan fingerprint density at radius 3 is 2.60 bits per heavy atom. The summed E-state index contributed by atoms with van der Waals surface area (Å²) in [5.41, 5.74) is 1.96. The zero-order valence-electron chi connectivity index (χ0n) is 13.5. The second-order valence-corrected chi connectivity index (χ2v) is 6.98. The third-order valence-electron chi connectivity index (χ3n) is 3.58. The van der Waals surface area contributed by atoms with Gasteiger partial charge in [-0.1, -0.05) is 35.5 Å². The van der Waals surface area contributed by atoms with Crippen LogP contribution >= 0.6 is 23.4 Å². The molecule has 25 heavy (non-hydrogen) atoms. The summed E-state index contributed by atoms with van der Waals surface area (Å²) in [7, 11) is 1.62. The number of carbonyl (C=O) groups excluding carboxylic acids is 1. The number of thioether (sulfide) groups is 1. The van der Waals surface area contributed by atoms with Gasteiger partial charge >= 0.3 is 0 Å². The highest BCUT2D eigenvalue weighted by molar-refractivity contribution is 8.15. The van der Waals surface area contributed by atoms with Crippen molar-refractivity contribution in [1.82, 2.24) is 5.32 Å². The first-order valence-corrected chi connectivity index (χ1v) is 8.87. The van der Waals surface area contributed by atoms with Crippen LogP contribution in [0.3, 0.4) is 0 Å². The Morgan fingerprint density at radius 1 is 1.20 bits per heavy atom. The zero-order valence-corrected chi connectivity index (χ0v) is 15.1. The molecule has 1 aliphatic rings. The zero-order chi connectivity index (χ0) is 17.6. The van der Waals surface area contributed by atoms with E-state index in [1.165, 1.54) is 11.8 Å². The molecule has 1 amide bonds. The first-order chi connectivity index (χ1) is 12.1. The van der Waals surface area contributed by atoms with Crippen LogP contribution in [0.25, 0.3) is 0 Å². The minimum absolute atomic E-state index is 0.0571. The van der Waals surface area contributed by atoms with E-state index < -0.39 is 0 Å². The number of ether oxygens (including phenoxy) is 1. The maximum atomic E-state index is 12.1. The monoisotopic (exact) mass is 373 g/mol. The van der Waals surface area contributed by atoms with E-state index in [-0.39, 0.29) is 11.2 Å². The molecule has 0 unspecified atom stereocenters. The number of methoxy groups -OCH3 is 1. The standard InChI is InChI=1S/C18H16ClN3O2S/c1-24-15-8-4-13(5-9-15)11-20-22-18-21-17(23)16(25-18)10-12-2-6-14(19)7-3-12/h2-9,11,16H,10H2,1H3,(H,21,22,23)/b20-11-/t16-/m1/s1. The maximum absolute atomic E-state index is 12.1. The number of amidine groups is 1. The van der Waals surface area contributed by atoms with Crippen molar-refractivity contribution in [2.75, 3.05) is 7.11 Å². The average molecular weight is 374 g/mol. The SMILES string of the molecule is COc1ccc(/C=N\N=C2/NC(=O)[C@@H](Cc3ccc(Cl)cc3)S2)cc1. The second kappa shape index (κ2) is 8.18. The molecule has 1 heterocycles. The van der Waals surface area contributed by atoms with E-state index in [2.05, 4.69) is 15.5 Å². The Balaban J connectivity index is 1.60. The number of carbonyl (C=O) groups is 1. The van der Waals surface area contributed by atoms with Crippen LogP contribution in [0.15, 0.2) is 58.7 Å². The molecule has 2 aromatic carbocycles. The third-order valence-corrected chi connectivity index (χ3v) is 4.91. The Kier molecular flexibility index (Phi) is 5.73. The first kappa shape index (κ1) is 17.5. The van der Waals surface area contributed by atoms with Gasteiger partial charge in [0.2, 0.25) is 5.91 Å². The van der Waals surface area contributed by atoms with Gasteiger partial charge in [0.1, 0.15) is 5.75 Å². The van der Waals surface area contributed by atoms with Gasteiger partial charge in [-0.15, -0.1) is 5.10 Å². The molecule has 0 radical (unpaired) electrons. The molecule has 1 N–H and O–H groups in total. The van der Waals surface area contributed by atoms with Gasteiger partial charge in [-0.3, -0.25) is 4.79 Å². The molecule has 0 aliphatic carbocycles. The van der Waals surface area contributed by atoms with Gasteiger partial charge in [-0.05, 0) is 53.9 Å². The summed E-state index contributed by atoms with van der Waals surface area (Å²) >= 11 is 7.26. The molecule has 5 nitrogen and oxygen atoms in total. The van der Waals surface area contributed by atoms with E-state index in [4.69, 9.17) is 16.3 Å². The average Bonchev–Trinajstić information content (AvgIpc) is 2.97. The molecule has 1 fully saturated rings. The Morgan fingerprint density at radius 2 is 1.92 bits per heavy atom. The summed E-state index contributed by atoms with van der Waals surface area (Å²) in [5, 5.41) is 11.9. The van der Waals surface area contributed by atoms with Crippen LogP contribution in [0.5, 0.6) is 5.75 Å². The normalized spacial score (nSPS) is 18.7. The number of nitrogens with one attached hydrogen (secondary N) is 1. The van der Waals surface area contributed by atoms with Gasteiger partial charge in [-0.25, -0.2) is 0 Å². The summed E-state index contributed by atoms with van der Waals surface area (Å²) in [5.74, 6) is 0.727. The number of benzene rings is 2. The van der Waals surface area contributed by atoms with Crippen molar-refractivity contribution in [3.05, 3.63) is 64.7 Å². The van der Waals surface area contributed by atoms with Crippen molar-refractivity contribution >= 4 is 40.7 Å². The second-order valence-electron chi connectivity index (χ2n) is 5.35. The lowest BCUT2D eigenvalue weighted by atomic mass is 10.1. The van der Waals surface area contributed by atoms with Crippen molar-refractivity contribution in [2.24, 2.45) is 10.2 Å². The van der Waals surface area contributed by atoms with Gasteiger partial charge in [0.05, 0.1) is 18.6 Å². The number of hydrogen-bond acceptors (Lipinski definition) is 5. The fourth-order valence-electron chi connectivity index (χ4n) is 2.26. The van der Waals surface area contributed by atoms with E-state index >= 15 is 0 Å². The van der Waals surface area contributed by atoms with Gasteiger partial charge in [0.15, 0.2) is 5.17 Å². The van der Waals surface area contributed by atoms with Crippen LogP contribution in [-0.2, 0) is 11.2 Å². The molecule has 3 rings (SSSR count). The van der Waals surface area contributed by atoms with Crippen molar-refractivity contribution in [1.29, 1.82) is 0 Å². The highest BCUT2D eigenvalue weighted by Crippen LogP contribution is 2.24. The van der Waals surface area contributed by atoms with Crippen LogP contribution in [0, 0.1) is 0 Å². The van der Waals surface area contributed by atoms with E-state index in [9.17, 15) is 4.79 Å². The van der Waals surface area contributed by atoms with Gasteiger partial charge in [0.25, 0.3) is 0 Å². The predicted octanol–water partition coefficient (Wildman–Crippen LogP) is 3.51. The molecule has 7 heteroatoms. The van der Waals surface area contributed by atoms with Crippen molar-refractivity contribution < 1.29 is 9.53 Å². The van der Waals surface area contributed by atoms with E-state index in [1.807, 2.05) is 48.5 Å². The van der Waals surface area contributed by atoms with Crippen molar-refractivity contribution in [2.45, 2.75) is 11.7 Å². The van der Waals surface area contributed by atoms with Crippen molar-refractivity contribution in [3.63, 3.8) is 0 Å². The van der Waals surface area contributed by atoms with E-state index in [0.717, 1.165) is 16.9 Å². The van der Waals surface area contributed by atoms with Crippen molar-refractivity contribution in [3.8, 4) is 5.75 Å². The lowest BCUT2D eigenvalue weighted by Crippen LogP contribution is -2.25. The van der Waals surface area contributed by atoms with E-state index in [1.54, 1.807) is 13.3 Å². The molecule has 0 bridgehead atoms. The highest BCUT2D eigenvalue weighted by Gasteiger charge is 2.30. The molecule has 2 aromatic rings. The molecular formula is C18H16ClN3O2S. The minimum atomic E-state index is -0.212. The predicted molar refractivity (Wildman–Crippen MR) is 103 cm³/mol. The number of hydrogen-bond donors (Lipinski definition) is 1. The Labute approximate surface area is 155 Å². The first-order valence-electron chi connectivity index (χ1n) is 7.61. The Hall–Kier alpha value is -2.31.